The average Bonchev–Trinajstić information content (AvgIpc) is 3.18. The molecule has 0 unspecified atom stereocenters. The minimum atomic E-state index is -5.19. The molecule has 6 rings (SSSR count). The molecule has 5 nitrogen and oxygen atoms in total. The van der Waals surface area contributed by atoms with Gasteiger partial charge in [-0.2, -0.15) is 26.3 Å². The first-order valence-corrected chi connectivity index (χ1v) is 18.1. The van der Waals surface area contributed by atoms with Crippen LogP contribution in [-0.2, 0) is 33.7 Å². The number of carbonyl (C=O) groups excluding carboxylic acids is 2. The second-order valence-electron chi connectivity index (χ2n) is 10.3. The van der Waals surface area contributed by atoms with E-state index >= 15 is 0 Å². The fourth-order valence-electron chi connectivity index (χ4n) is 4.36. The Morgan fingerprint density at radius 3 is 0.582 bits per heavy atom. The van der Waals surface area contributed by atoms with Crippen molar-refractivity contribution in [2.75, 3.05) is 0 Å². The molecule has 0 aliphatic heterocycles. The van der Waals surface area contributed by atoms with Crippen molar-refractivity contribution in [1.29, 1.82) is 0 Å². The maximum atomic E-state index is 10.5. The van der Waals surface area contributed by atoms with E-state index in [-0.39, 0.29) is 19.5 Å². The van der Waals surface area contributed by atoms with Crippen LogP contribution in [0.3, 0.4) is 0 Å². The van der Waals surface area contributed by atoms with Crippen molar-refractivity contribution < 1.29 is 70.3 Å². The quantitative estimate of drug-likeness (QED) is 0.0732. The van der Waals surface area contributed by atoms with Crippen LogP contribution in [-0.4, -0.2) is 24.3 Å². The van der Waals surface area contributed by atoms with Gasteiger partial charge in [0.05, 0.1) is 0 Å². The largest absolute Gasteiger partial charge is 2.00 e. The first-order valence-electron chi connectivity index (χ1n) is 15.5. The number of carboxylic acids is 2. The van der Waals surface area contributed by atoms with Gasteiger partial charge in [-0.3, -0.25) is 0 Å². The van der Waals surface area contributed by atoms with Gasteiger partial charge in [-0.1, -0.05) is 182 Å². The van der Waals surface area contributed by atoms with Gasteiger partial charge >= 0.3 is 43.1 Å². The Kier molecular flexibility index (Phi) is 22.0. The van der Waals surface area contributed by atoms with Crippen molar-refractivity contribution in [3.05, 3.63) is 189 Å². The van der Waals surface area contributed by atoms with Gasteiger partial charge in [0.25, 0.3) is 0 Å². The summed E-state index contributed by atoms with van der Waals surface area (Å²) < 4.78 is 70.6. The van der Waals surface area contributed by atoms with Crippen LogP contribution in [0, 0.1) is 6.65 Å². The second-order valence-corrected chi connectivity index (χ2v) is 14.7. The summed E-state index contributed by atoms with van der Waals surface area (Å²) in [5, 5.41) is 26.0. The molecule has 0 heterocycles. The van der Waals surface area contributed by atoms with Crippen molar-refractivity contribution in [2.24, 2.45) is 0 Å². The smallest absolute Gasteiger partial charge is 0.0622 e. The van der Waals surface area contributed by atoms with Gasteiger partial charge in [-0.25, -0.2) is 0 Å². The average molecular weight is 880 g/mol. The molecule has 55 heavy (non-hydrogen) atoms. The van der Waals surface area contributed by atoms with Crippen LogP contribution in [0.15, 0.2) is 182 Å². The molecular weight excluding hydrogens is 849 g/mol. The number of alkyl halides is 6. The molecule has 14 heteroatoms. The minimum absolute atomic E-state index is 0. The molecule has 0 saturated heterocycles. The van der Waals surface area contributed by atoms with E-state index in [4.69, 9.17) is 24.5 Å². The zero-order valence-electron chi connectivity index (χ0n) is 28.4. The fraction of sp³-hybridized carbons (Fsp3) is 0.0488. The first kappa shape index (κ1) is 48.1. The zero-order valence-corrected chi connectivity index (χ0v) is 31.9. The maximum Gasteiger partial charge on any atom is 2.00 e. The number of rotatable bonds is 6. The van der Waals surface area contributed by atoms with E-state index in [1.54, 1.807) is 0 Å². The van der Waals surface area contributed by atoms with Crippen LogP contribution in [0.1, 0.15) is 0 Å². The van der Waals surface area contributed by atoms with E-state index in [9.17, 15) is 26.3 Å². The Bertz CT molecular complexity index is 1630. The van der Waals surface area contributed by atoms with E-state index < -0.39 is 40.1 Å². The molecule has 284 valence electrons. The molecule has 0 N–H and O–H groups in total. The molecule has 0 atom stereocenters. The van der Waals surface area contributed by atoms with E-state index in [0.29, 0.717) is 0 Å². The number of carbonyl (C=O) groups is 2. The fourth-order valence-corrected chi connectivity index (χ4v) is 8.97. The molecule has 0 fully saturated rings. The van der Waals surface area contributed by atoms with E-state index in [1.807, 2.05) is 0 Å². The molecule has 0 aromatic heterocycles. The van der Waals surface area contributed by atoms with E-state index in [0.717, 1.165) is 0 Å². The molecule has 0 radical (unpaired) electrons. The second kappa shape index (κ2) is 25.2. The molecule has 0 amide bonds. The maximum absolute atomic E-state index is 10.5. The molecule has 6 aromatic rings. The van der Waals surface area contributed by atoms with Gasteiger partial charge in [0, 0.05) is 0 Å². The molecule has 6 aromatic carbocycles. The van der Waals surface area contributed by atoms with Crippen LogP contribution in [0.4, 0.5) is 26.3 Å². The predicted molar refractivity (Wildman–Crippen MR) is 196 cm³/mol. The number of benzene rings is 6. The molecular formula is C41H30F6O5P2Ru. The standard InChI is InChI=1S/2C18H15P.2C2HF3O2.CO.Ru/c2*1-4-10-16(11-5-1)19(17-12-6-2-7-13-17)18-14-8-3-9-15-18;2*3-2(4,5)1(6)7;1-2;/h2*1-15H;2*(H,6,7);;/q;;;;;+2/p-2. The monoisotopic (exact) mass is 880 g/mol. The summed E-state index contributed by atoms with van der Waals surface area (Å²) in [5.41, 5.74) is 0. The van der Waals surface area contributed by atoms with Crippen molar-refractivity contribution in [1.82, 2.24) is 0 Å². The van der Waals surface area contributed by atoms with Crippen LogP contribution < -0.4 is 42.0 Å². The number of hydrogen-bond acceptors (Lipinski definition) is 4. The summed E-state index contributed by atoms with van der Waals surface area (Å²) in [6.45, 7) is 4.50. The first-order chi connectivity index (χ1) is 25.8. The molecule has 0 aliphatic rings. The number of carboxylic acid groups (broad SMARTS) is 2. The van der Waals surface area contributed by atoms with Crippen molar-refractivity contribution in [3.8, 4) is 0 Å². The Morgan fingerprint density at radius 1 is 0.382 bits per heavy atom. The Labute approximate surface area is 329 Å². The van der Waals surface area contributed by atoms with Gasteiger partial charge < -0.3 is 19.8 Å². The summed E-state index contributed by atoms with van der Waals surface area (Å²) in [6.07, 6.45) is -10.4. The summed E-state index contributed by atoms with van der Waals surface area (Å²) in [6, 6.07) is 64.7. The summed E-state index contributed by atoms with van der Waals surface area (Å²) >= 11 is 0. The van der Waals surface area contributed by atoms with Gasteiger partial charge in [-0.15, -0.1) is 0 Å². The van der Waals surface area contributed by atoms with Gasteiger partial charge in [0.15, 0.2) is 0 Å². The minimum Gasteiger partial charge on any atom is -0.0622 e. The van der Waals surface area contributed by atoms with Gasteiger partial charge in [0.2, 0.25) is 0 Å². The number of halogens is 6. The van der Waals surface area contributed by atoms with E-state index in [1.165, 1.54) is 31.8 Å². The third kappa shape index (κ3) is 17.4. The van der Waals surface area contributed by atoms with Crippen molar-refractivity contribution in [3.63, 3.8) is 0 Å². The van der Waals surface area contributed by atoms with Crippen LogP contribution in [0.5, 0.6) is 0 Å². The Hall–Kier alpha value is -4.94. The van der Waals surface area contributed by atoms with Crippen molar-refractivity contribution >= 4 is 59.6 Å². The molecule has 0 saturated carbocycles. The molecule has 0 bridgehead atoms. The van der Waals surface area contributed by atoms with E-state index in [2.05, 4.69) is 189 Å². The summed E-state index contributed by atoms with van der Waals surface area (Å²) in [5.74, 6) is -6.01. The molecule has 0 aliphatic carbocycles. The summed E-state index contributed by atoms with van der Waals surface area (Å²) in [7, 11) is -0.892. The van der Waals surface area contributed by atoms with Gasteiger partial charge in [-0.05, 0) is 47.7 Å². The van der Waals surface area contributed by atoms with Crippen LogP contribution in [0.2, 0.25) is 0 Å². The Balaban J connectivity index is 0.000000395. The topological polar surface area (TPSA) is 100 Å². The SMILES string of the molecule is O=C([O-])C(F)(F)F.O=C([O-])C(F)(F)F.[C-]#[O+].[Ru+2].c1ccc(P(c2ccccc2)c2ccccc2)cc1.c1ccc(P(c2ccccc2)c2ccccc2)cc1. The normalized spacial score (nSPS) is 10.2. The third-order valence-corrected chi connectivity index (χ3v) is 11.4. The Morgan fingerprint density at radius 2 is 0.491 bits per heavy atom. The third-order valence-electron chi connectivity index (χ3n) is 6.55. The zero-order chi connectivity index (χ0) is 40.0. The van der Waals surface area contributed by atoms with Crippen molar-refractivity contribution in [2.45, 2.75) is 12.4 Å². The predicted octanol–water partition coefficient (Wildman–Crippen LogP) is 5.45. The van der Waals surface area contributed by atoms with Gasteiger partial charge in [0.1, 0.15) is 11.9 Å². The number of hydrogen-bond donors (Lipinski definition) is 0. The van der Waals surface area contributed by atoms with Crippen LogP contribution >= 0.6 is 15.8 Å². The molecule has 0 spiro atoms. The number of aliphatic carboxylic acids is 2. The van der Waals surface area contributed by atoms with Crippen LogP contribution in [0.25, 0.3) is 0 Å². The summed E-state index contributed by atoms with van der Waals surface area (Å²) in [4.78, 5) is 17.6.